The highest BCUT2D eigenvalue weighted by molar-refractivity contribution is 7.89. The fraction of sp³-hybridized carbons (Fsp3) is 0.316. The van der Waals surface area contributed by atoms with Crippen LogP contribution in [0.4, 0.5) is 18.9 Å². The molecule has 2 rings (SSSR count). The maximum atomic E-state index is 12.7. The van der Waals surface area contributed by atoms with Gasteiger partial charge in [-0.1, -0.05) is 18.2 Å². The minimum atomic E-state index is -4.47. The number of hydrogen-bond acceptors (Lipinski definition) is 4. The van der Waals surface area contributed by atoms with Gasteiger partial charge in [0.05, 0.1) is 17.0 Å². The Balaban J connectivity index is 1.80. The van der Waals surface area contributed by atoms with Crippen molar-refractivity contribution in [1.29, 1.82) is 0 Å². The Morgan fingerprint density at radius 2 is 1.76 bits per heavy atom. The smallest absolute Gasteiger partial charge is 0.376 e. The number of hydrogen-bond donors (Lipinski definition) is 3. The summed E-state index contributed by atoms with van der Waals surface area (Å²) in [5.74, 6) is -0.478. The summed E-state index contributed by atoms with van der Waals surface area (Å²) in [7, 11) is -3.71. The zero-order valence-electron chi connectivity index (χ0n) is 15.9. The van der Waals surface area contributed by atoms with E-state index in [1.807, 2.05) is 6.07 Å². The van der Waals surface area contributed by atoms with Gasteiger partial charge < -0.3 is 10.6 Å². The van der Waals surface area contributed by atoms with Crippen molar-refractivity contribution in [2.75, 3.05) is 25.0 Å². The minimum Gasteiger partial charge on any atom is -0.376 e. The molecule has 0 aliphatic rings. The van der Waals surface area contributed by atoms with Crippen LogP contribution in [0.3, 0.4) is 0 Å². The summed E-state index contributed by atoms with van der Waals surface area (Å²) in [4.78, 5) is 12.0. The Morgan fingerprint density at radius 1 is 1.03 bits per heavy atom. The lowest BCUT2D eigenvalue weighted by molar-refractivity contribution is -0.137. The summed E-state index contributed by atoms with van der Waals surface area (Å²) < 4.78 is 65.1. The van der Waals surface area contributed by atoms with E-state index in [0.29, 0.717) is 5.56 Å². The molecule has 0 heterocycles. The topological polar surface area (TPSA) is 87.3 Å². The van der Waals surface area contributed by atoms with Gasteiger partial charge in [-0.3, -0.25) is 4.79 Å². The maximum absolute atomic E-state index is 12.7. The number of amides is 1. The van der Waals surface area contributed by atoms with Crippen LogP contribution in [0.2, 0.25) is 0 Å². The van der Waals surface area contributed by atoms with Gasteiger partial charge in [0.15, 0.2) is 0 Å². The predicted octanol–water partition coefficient (Wildman–Crippen LogP) is 2.83. The SMILES string of the molecule is Cc1ccc(C)c(S(=O)(=O)NCCNC(=O)CNc2cccc(C(F)(F)F)c2)c1. The van der Waals surface area contributed by atoms with E-state index in [0.717, 1.165) is 17.7 Å². The molecule has 0 saturated heterocycles. The average molecular weight is 429 g/mol. The van der Waals surface area contributed by atoms with Crippen molar-refractivity contribution in [2.45, 2.75) is 24.9 Å². The third-order valence-corrected chi connectivity index (χ3v) is 5.62. The molecule has 2 aromatic rings. The number of alkyl halides is 3. The molecule has 0 fully saturated rings. The number of benzene rings is 2. The Morgan fingerprint density at radius 3 is 2.45 bits per heavy atom. The van der Waals surface area contributed by atoms with Crippen molar-refractivity contribution in [3.05, 3.63) is 59.2 Å². The van der Waals surface area contributed by atoms with Gasteiger partial charge in [-0.05, 0) is 49.2 Å². The molecule has 0 unspecified atom stereocenters. The lowest BCUT2D eigenvalue weighted by atomic mass is 10.2. The average Bonchev–Trinajstić information content (AvgIpc) is 2.65. The van der Waals surface area contributed by atoms with Crippen LogP contribution in [0.1, 0.15) is 16.7 Å². The molecular formula is C19H22F3N3O3S. The molecule has 1 amide bonds. The van der Waals surface area contributed by atoms with Crippen LogP contribution in [0.5, 0.6) is 0 Å². The van der Waals surface area contributed by atoms with E-state index in [2.05, 4.69) is 15.4 Å². The lowest BCUT2D eigenvalue weighted by Gasteiger charge is -2.12. The molecule has 0 saturated carbocycles. The molecule has 3 N–H and O–H groups in total. The van der Waals surface area contributed by atoms with E-state index in [1.165, 1.54) is 12.1 Å². The molecule has 0 aliphatic carbocycles. The second-order valence-corrected chi connectivity index (χ2v) is 8.18. The van der Waals surface area contributed by atoms with Crippen LogP contribution in [0.25, 0.3) is 0 Å². The van der Waals surface area contributed by atoms with E-state index in [9.17, 15) is 26.4 Å². The molecule has 0 bridgehead atoms. The first-order chi connectivity index (χ1) is 13.5. The summed E-state index contributed by atoms with van der Waals surface area (Å²) in [6, 6.07) is 9.59. The lowest BCUT2D eigenvalue weighted by Crippen LogP contribution is -2.37. The molecule has 158 valence electrons. The first-order valence-corrected chi connectivity index (χ1v) is 10.2. The van der Waals surface area contributed by atoms with Crippen molar-refractivity contribution >= 4 is 21.6 Å². The zero-order valence-corrected chi connectivity index (χ0v) is 16.7. The molecule has 29 heavy (non-hydrogen) atoms. The summed E-state index contributed by atoms with van der Waals surface area (Å²) in [5.41, 5.74) is 0.761. The fourth-order valence-electron chi connectivity index (χ4n) is 2.51. The molecule has 6 nitrogen and oxygen atoms in total. The largest absolute Gasteiger partial charge is 0.416 e. The molecule has 0 aromatic heterocycles. The minimum absolute atomic E-state index is 0.0228. The quantitative estimate of drug-likeness (QED) is 0.563. The van der Waals surface area contributed by atoms with E-state index in [4.69, 9.17) is 0 Å². The number of nitrogens with one attached hydrogen (secondary N) is 3. The highest BCUT2D eigenvalue weighted by Crippen LogP contribution is 2.30. The fourth-order valence-corrected chi connectivity index (χ4v) is 3.87. The number of sulfonamides is 1. The summed E-state index contributed by atoms with van der Waals surface area (Å²) in [5, 5.41) is 5.10. The molecular weight excluding hydrogens is 407 g/mol. The van der Waals surface area contributed by atoms with Gasteiger partial charge in [0.2, 0.25) is 15.9 Å². The first-order valence-electron chi connectivity index (χ1n) is 8.74. The number of rotatable bonds is 8. The van der Waals surface area contributed by atoms with Gasteiger partial charge in [-0.2, -0.15) is 13.2 Å². The summed E-state index contributed by atoms with van der Waals surface area (Å²) in [6.45, 7) is 3.24. The van der Waals surface area contributed by atoms with Gasteiger partial charge in [0.1, 0.15) is 0 Å². The van der Waals surface area contributed by atoms with E-state index in [1.54, 1.807) is 26.0 Å². The number of aryl methyl sites for hydroxylation is 2. The molecule has 10 heteroatoms. The molecule has 2 aromatic carbocycles. The second kappa shape index (κ2) is 9.27. The molecule has 0 spiro atoms. The van der Waals surface area contributed by atoms with E-state index in [-0.39, 0.29) is 30.2 Å². The van der Waals surface area contributed by atoms with Crippen molar-refractivity contribution in [3.8, 4) is 0 Å². The van der Waals surface area contributed by atoms with Gasteiger partial charge in [0.25, 0.3) is 0 Å². The van der Waals surface area contributed by atoms with Gasteiger partial charge in [-0.25, -0.2) is 13.1 Å². The highest BCUT2D eigenvalue weighted by Gasteiger charge is 2.30. The van der Waals surface area contributed by atoms with E-state index >= 15 is 0 Å². The standard InChI is InChI=1S/C19H22F3N3O3S/c1-13-6-7-14(2)17(10-13)29(27,28)25-9-8-23-18(26)12-24-16-5-3-4-15(11-16)19(20,21)22/h3-7,10-11,24-25H,8-9,12H2,1-2H3,(H,23,26). The Kier molecular flexibility index (Phi) is 7.26. The second-order valence-electron chi connectivity index (χ2n) is 6.45. The van der Waals surface area contributed by atoms with Crippen LogP contribution in [0, 0.1) is 13.8 Å². The van der Waals surface area contributed by atoms with Gasteiger partial charge in [0, 0.05) is 18.8 Å². The predicted molar refractivity (Wildman–Crippen MR) is 104 cm³/mol. The van der Waals surface area contributed by atoms with Crippen molar-refractivity contribution in [2.24, 2.45) is 0 Å². The normalized spacial score (nSPS) is 11.9. The third-order valence-electron chi connectivity index (χ3n) is 4.02. The molecule has 0 radical (unpaired) electrons. The number of carbonyl (C=O) groups is 1. The van der Waals surface area contributed by atoms with Crippen molar-refractivity contribution in [3.63, 3.8) is 0 Å². The van der Waals surface area contributed by atoms with Crippen molar-refractivity contribution in [1.82, 2.24) is 10.0 Å². The van der Waals surface area contributed by atoms with Gasteiger partial charge >= 0.3 is 6.18 Å². The number of anilines is 1. The molecule has 0 atom stereocenters. The Labute approximate surface area is 167 Å². The summed E-state index contributed by atoms with van der Waals surface area (Å²) >= 11 is 0. The summed E-state index contributed by atoms with van der Waals surface area (Å²) in [6.07, 6.45) is -4.47. The van der Waals surface area contributed by atoms with Crippen LogP contribution < -0.4 is 15.4 Å². The number of halogens is 3. The van der Waals surface area contributed by atoms with Gasteiger partial charge in [-0.15, -0.1) is 0 Å². The molecule has 0 aliphatic heterocycles. The van der Waals surface area contributed by atoms with Crippen LogP contribution >= 0.6 is 0 Å². The monoisotopic (exact) mass is 429 g/mol. The van der Waals surface area contributed by atoms with E-state index < -0.39 is 27.7 Å². The van der Waals surface area contributed by atoms with Crippen LogP contribution in [0.15, 0.2) is 47.4 Å². The number of carbonyl (C=O) groups excluding carboxylic acids is 1. The Bertz CT molecular complexity index is 976. The zero-order chi connectivity index (χ0) is 21.7. The van der Waals surface area contributed by atoms with Crippen LogP contribution in [-0.2, 0) is 21.0 Å². The third kappa shape index (κ3) is 6.75. The van der Waals surface area contributed by atoms with Crippen molar-refractivity contribution < 1.29 is 26.4 Å². The van der Waals surface area contributed by atoms with Crippen LogP contribution in [-0.4, -0.2) is 34.0 Å². The maximum Gasteiger partial charge on any atom is 0.416 e. The first kappa shape index (κ1) is 22.7. The Hall–Kier alpha value is -2.59. The highest BCUT2D eigenvalue weighted by atomic mass is 32.2.